The Hall–Kier alpha value is -0.130. The maximum atomic E-state index is 11.6. The van der Waals surface area contributed by atoms with Crippen LogP contribution in [-0.4, -0.2) is 45.7 Å². The molecule has 21 heavy (non-hydrogen) atoms. The second-order valence-corrected chi connectivity index (χ2v) is 8.61. The molecule has 5 heteroatoms. The van der Waals surface area contributed by atoms with Crippen LogP contribution >= 0.6 is 0 Å². The Kier molecular flexibility index (Phi) is 8.83. The van der Waals surface area contributed by atoms with Crippen molar-refractivity contribution in [2.24, 2.45) is 5.92 Å². The molecule has 1 aliphatic rings. The van der Waals surface area contributed by atoms with Crippen LogP contribution in [0.2, 0.25) is 0 Å². The van der Waals surface area contributed by atoms with Crippen molar-refractivity contribution >= 4 is 9.84 Å². The zero-order chi connectivity index (χ0) is 15.7. The van der Waals surface area contributed by atoms with E-state index in [9.17, 15) is 8.42 Å². The van der Waals surface area contributed by atoms with Crippen LogP contribution in [0.5, 0.6) is 0 Å². The van der Waals surface area contributed by atoms with Gasteiger partial charge in [0.05, 0.1) is 11.9 Å². The topological polar surface area (TPSA) is 55.4 Å². The molecule has 1 aliphatic carbocycles. The molecule has 2 unspecified atom stereocenters. The lowest BCUT2D eigenvalue weighted by molar-refractivity contribution is 0.00638. The van der Waals surface area contributed by atoms with Crippen LogP contribution in [0.15, 0.2) is 0 Å². The molecule has 0 spiro atoms. The first-order valence-electron chi connectivity index (χ1n) is 8.50. The number of likely N-dealkylation sites (N-methyl/N-ethyl adjacent to an activating group) is 1. The van der Waals surface area contributed by atoms with Crippen molar-refractivity contribution in [1.82, 2.24) is 5.32 Å². The first-order valence-corrected chi connectivity index (χ1v) is 10.3. The summed E-state index contributed by atoms with van der Waals surface area (Å²) >= 11 is 0. The molecule has 0 bridgehead atoms. The molecule has 0 aromatic rings. The zero-order valence-corrected chi connectivity index (χ0v) is 14.8. The van der Waals surface area contributed by atoms with Crippen LogP contribution in [0.3, 0.4) is 0 Å². The molecule has 0 amide bonds. The van der Waals surface area contributed by atoms with Crippen molar-refractivity contribution in [2.75, 3.05) is 25.2 Å². The molecule has 1 N–H and O–H groups in total. The summed E-state index contributed by atoms with van der Waals surface area (Å²) in [6.45, 7) is 4.72. The number of nitrogens with one attached hydrogen (secondary N) is 1. The minimum absolute atomic E-state index is 0.217. The molecule has 0 aromatic heterocycles. The summed E-state index contributed by atoms with van der Waals surface area (Å²) in [4.78, 5) is 0. The molecule has 1 saturated carbocycles. The third-order valence-corrected chi connectivity index (χ3v) is 6.45. The first-order chi connectivity index (χ1) is 10.0. The van der Waals surface area contributed by atoms with Gasteiger partial charge in [-0.15, -0.1) is 0 Å². The molecule has 126 valence electrons. The van der Waals surface area contributed by atoms with E-state index in [2.05, 4.69) is 12.2 Å². The number of rotatable bonds is 10. The van der Waals surface area contributed by atoms with Crippen LogP contribution in [0.4, 0.5) is 0 Å². The van der Waals surface area contributed by atoms with Gasteiger partial charge in [-0.3, -0.25) is 0 Å². The average molecular weight is 320 g/mol. The molecule has 0 radical (unpaired) electrons. The van der Waals surface area contributed by atoms with Crippen molar-refractivity contribution in [3.63, 3.8) is 0 Å². The van der Waals surface area contributed by atoms with Gasteiger partial charge >= 0.3 is 0 Å². The lowest BCUT2D eigenvalue weighted by atomic mass is 9.81. The maximum absolute atomic E-state index is 11.6. The third kappa shape index (κ3) is 6.66. The molecular weight excluding hydrogens is 286 g/mol. The molecule has 1 fully saturated rings. The van der Waals surface area contributed by atoms with E-state index in [4.69, 9.17) is 4.74 Å². The van der Waals surface area contributed by atoms with Crippen molar-refractivity contribution in [3.8, 4) is 0 Å². The van der Waals surface area contributed by atoms with Crippen LogP contribution in [0.25, 0.3) is 0 Å². The van der Waals surface area contributed by atoms with Crippen LogP contribution in [-0.2, 0) is 14.6 Å². The van der Waals surface area contributed by atoms with E-state index in [1.54, 1.807) is 14.0 Å². The molecule has 0 saturated heterocycles. The predicted molar refractivity (Wildman–Crippen MR) is 88.4 cm³/mol. The number of hydrogen-bond donors (Lipinski definition) is 1. The second-order valence-electron chi connectivity index (χ2n) is 6.14. The predicted octanol–water partition coefficient (Wildman–Crippen LogP) is 2.77. The highest BCUT2D eigenvalue weighted by atomic mass is 32.2. The van der Waals surface area contributed by atoms with E-state index in [0.717, 1.165) is 19.4 Å². The number of sulfone groups is 1. The smallest absolute Gasteiger partial charge is 0.150 e. The monoisotopic (exact) mass is 319 g/mol. The number of ether oxygens (including phenoxy) is 1. The van der Waals surface area contributed by atoms with Crippen molar-refractivity contribution < 1.29 is 13.2 Å². The Morgan fingerprint density at radius 2 is 1.86 bits per heavy atom. The van der Waals surface area contributed by atoms with Gasteiger partial charge in [0, 0.05) is 18.9 Å². The molecule has 0 heterocycles. The quantitative estimate of drug-likeness (QED) is 0.673. The van der Waals surface area contributed by atoms with Gasteiger partial charge in [0.25, 0.3) is 0 Å². The van der Waals surface area contributed by atoms with Crippen molar-refractivity contribution in [3.05, 3.63) is 0 Å². The SMILES string of the molecule is CCNC(CCCS(=O)(=O)CC)C(OC)C1CCCCC1. The summed E-state index contributed by atoms with van der Waals surface area (Å²) in [5, 5.41) is 3.52. The highest BCUT2D eigenvalue weighted by Gasteiger charge is 2.30. The van der Waals surface area contributed by atoms with E-state index in [1.807, 2.05) is 0 Å². The van der Waals surface area contributed by atoms with Crippen LogP contribution in [0.1, 0.15) is 58.8 Å². The summed E-state index contributed by atoms with van der Waals surface area (Å²) in [6.07, 6.45) is 8.24. The van der Waals surface area contributed by atoms with Gasteiger partial charge in [0.2, 0.25) is 0 Å². The summed E-state index contributed by atoms with van der Waals surface area (Å²) in [5.74, 6) is 1.16. The normalized spacial score (nSPS) is 20.3. The number of methoxy groups -OCH3 is 1. The molecule has 4 nitrogen and oxygen atoms in total. The Morgan fingerprint density at radius 3 is 2.38 bits per heavy atom. The van der Waals surface area contributed by atoms with Gasteiger partial charge in [-0.05, 0) is 38.1 Å². The van der Waals surface area contributed by atoms with E-state index in [-0.39, 0.29) is 17.9 Å². The second kappa shape index (κ2) is 9.80. The van der Waals surface area contributed by atoms with E-state index in [1.165, 1.54) is 32.1 Å². The van der Waals surface area contributed by atoms with Crippen molar-refractivity contribution in [2.45, 2.75) is 70.9 Å². The Bertz CT molecular complexity index is 364. The fraction of sp³-hybridized carbons (Fsp3) is 1.00. The largest absolute Gasteiger partial charge is 0.380 e. The molecule has 0 aromatic carbocycles. The van der Waals surface area contributed by atoms with E-state index < -0.39 is 9.84 Å². The minimum Gasteiger partial charge on any atom is -0.380 e. The first kappa shape index (κ1) is 18.9. The molecule has 0 aliphatic heterocycles. The summed E-state index contributed by atoms with van der Waals surface area (Å²) < 4.78 is 29.1. The van der Waals surface area contributed by atoms with Gasteiger partial charge in [0.1, 0.15) is 9.84 Å². The summed E-state index contributed by atoms with van der Waals surface area (Å²) in [7, 11) is -1.06. The standard InChI is InChI=1S/C16H33NO3S/c1-4-17-15(12-9-13-21(18,19)5-2)16(20-3)14-10-7-6-8-11-14/h14-17H,4-13H2,1-3H3. The molecular formula is C16H33NO3S. The third-order valence-electron chi connectivity index (χ3n) is 4.66. The van der Waals surface area contributed by atoms with Gasteiger partial charge in [-0.1, -0.05) is 33.1 Å². The van der Waals surface area contributed by atoms with Gasteiger partial charge in [-0.25, -0.2) is 8.42 Å². The van der Waals surface area contributed by atoms with Crippen LogP contribution in [0, 0.1) is 5.92 Å². The Balaban J connectivity index is 2.56. The van der Waals surface area contributed by atoms with Gasteiger partial charge in [-0.2, -0.15) is 0 Å². The lowest BCUT2D eigenvalue weighted by Crippen LogP contribution is -2.45. The van der Waals surface area contributed by atoms with E-state index >= 15 is 0 Å². The summed E-state index contributed by atoms with van der Waals surface area (Å²) in [5.41, 5.74) is 0. The van der Waals surface area contributed by atoms with E-state index in [0.29, 0.717) is 11.7 Å². The Morgan fingerprint density at radius 1 is 1.19 bits per heavy atom. The number of hydrogen-bond acceptors (Lipinski definition) is 4. The zero-order valence-electron chi connectivity index (χ0n) is 13.9. The van der Waals surface area contributed by atoms with Gasteiger partial charge in [0.15, 0.2) is 0 Å². The maximum Gasteiger partial charge on any atom is 0.150 e. The average Bonchev–Trinajstić information content (AvgIpc) is 2.49. The Labute approximate surface area is 130 Å². The fourth-order valence-corrected chi connectivity index (χ4v) is 4.36. The van der Waals surface area contributed by atoms with Gasteiger partial charge < -0.3 is 10.1 Å². The molecule has 2 atom stereocenters. The fourth-order valence-electron chi connectivity index (χ4n) is 3.46. The minimum atomic E-state index is -2.86. The van der Waals surface area contributed by atoms with Crippen LogP contribution < -0.4 is 5.32 Å². The molecule has 1 rings (SSSR count). The summed E-state index contributed by atoms with van der Waals surface area (Å²) in [6, 6.07) is 0.273. The lowest BCUT2D eigenvalue weighted by Gasteiger charge is -2.35. The highest BCUT2D eigenvalue weighted by Crippen LogP contribution is 2.30. The van der Waals surface area contributed by atoms with Crippen molar-refractivity contribution in [1.29, 1.82) is 0 Å². The highest BCUT2D eigenvalue weighted by molar-refractivity contribution is 7.91.